The molecule has 0 spiro atoms. The molecular weight excluding hydrogens is 326 g/mol. The maximum Gasteiger partial charge on any atom is 0.236 e. The third-order valence-corrected chi connectivity index (χ3v) is 4.62. The molecule has 0 saturated carbocycles. The van der Waals surface area contributed by atoms with E-state index in [9.17, 15) is 4.79 Å². The summed E-state index contributed by atoms with van der Waals surface area (Å²) in [5.41, 5.74) is 0.842. The van der Waals surface area contributed by atoms with Crippen molar-refractivity contribution in [2.24, 2.45) is 0 Å². The summed E-state index contributed by atoms with van der Waals surface area (Å²) in [4.78, 5) is 24.3. The van der Waals surface area contributed by atoms with Gasteiger partial charge in [0, 0.05) is 43.6 Å². The molecule has 1 aliphatic rings. The molecule has 1 saturated heterocycles. The monoisotopic (exact) mass is 347 g/mol. The predicted molar refractivity (Wildman–Crippen MR) is 96.3 cm³/mol. The molecule has 1 fully saturated rings. The number of carbonyl (C=O) groups is 1. The molecule has 0 atom stereocenters. The van der Waals surface area contributed by atoms with Gasteiger partial charge in [0.1, 0.15) is 12.1 Å². The highest BCUT2D eigenvalue weighted by Crippen LogP contribution is 2.24. The normalized spacial score (nSPS) is 16.3. The minimum atomic E-state index is 0.153. The third-order valence-electron chi connectivity index (χ3n) is 4.38. The quantitative estimate of drug-likeness (QED) is 0.919. The van der Waals surface area contributed by atoms with Crippen LogP contribution in [0.4, 0.5) is 5.82 Å². The lowest BCUT2D eigenvalue weighted by Crippen LogP contribution is -2.44. The van der Waals surface area contributed by atoms with Gasteiger partial charge in [-0.3, -0.25) is 9.69 Å². The van der Waals surface area contributed by atoms with Gasteiger partial charge < -0.3 is 10.2 Å². The molecule has 3 rings (SSSR count). The molecule has 1 amide bonds. The molecule has 2 aromatic rings. The number of aromatic nitrogens is 2. The SMILES string of the molecule is CN(C)C(=O)CN1CCC(Nc2ncnc3cc(Cl)ccc23)CC1. The molecule has 1 aromatic heterocycles. The lowest BCUT2D eigenvalue weighted by Gasteiger charge is -2.32. The number of hydrogen-bond acceptors (Lipinski definition) is 5. The largest absolute Gasteiger partial charge is 0.367 e. The molecule has 1 aliphatic heterocycles. The number of anilines is 1. The van der Waals surface area contributed by atoms with Crippen molar-refractivity contribution in [3.05, 3.63) is 29.5 Å². The van der Waals surface area contributed by atoms with E-state index in [4.69, 9.17) is 11.6 Å². The number of amides is 1. The average molecular weight is 348 g/mol. The van der Waals surface area contributed by atoms with E-state index in [1.807, 2.05) is 18.2 Å². The number of carbonyl (C=O) groups excluding carboxylic acids is 1. The Labute approximate surface area is 146 Å². The van der Waals surface area contributed by atoms with Crippen molar-refractivity contribution in [1.82, 2.24) is 19.8 Å². The lowest BCUT2D eigenvalue weighted by molar-refractivity contribution is -0.130. The van der Waals surface area contributed by atoms with E-state index >= 15 is 0 Å². The number of nitrogens with zero attached hydrogens (tertiary/aromatic N) is 4. The van der Waals surface area contributed by atoms with E-state index in [-0.39, 0.29) is 5.91 Å². The fraction of sp³-hybridized carbons (Fsp3) is 0.471. The topological polar surface area (TPSA) is 61.4 Å². The van der Waals surface area contributed by atoms with Gasteiger partial charge in [0.05, 0.1) is 12.1 Å². The molecule has 6 nitrogen and oxygen atoms in total. The summed E-state index contributed by atoms with van der Waals surface area (Å²) >= 11 is 6.03. The van der Waals surface area contributed by atoms with Gasteiger partial charge in [-0.15, -0.1) is 0 Å². The third kappa shape index (κ3) is 3.94. The standard InChI is InChI=1S/C17H22ClN5O/c1-22(2)16(24)10-23-7-5-13(6-8-23)21-17-14-4-3-12(18)9-15(14)19-11-20-17/h3-4,9,11,13H,5-8,10H2,1-2H3,(H,19,20,21). The number of rotatable bonds is 4. The number of likely N-dealkylation sites (tertiary alicyclic amines) is 1. The molecule has 24 heavy (non-hydrogen) atoms. The first-order chi connectivity index (χ1) is 11.5. The number of nitrogens with one attached hydrogen (secondary N) is 1. The van der Waals surface area contributed by atoms with E-state index in [0.29, 0.717) is 17.6 Å². The minimum absolute atomic E-state index is 0.153. The van der Waals surface area contributed by atoms with Gasteiger partial charge in [-0.05, 0) is 31.0 Å². The number of benzene rings is 1. The highest BCUT2D eigenvalue weighted by Gasteiger charge is 2.22. The van der Waals surface area contributed by atoms with Gasteiger partial charge in [-0.1, -0.05) is 11.6 Å². The average Bonchev–Trinajstić information content (AvgIpc) is 2.56. The fourth-order valence-electron chi connectivity index (χ4n) is 2.91. The second-order valence-electron chi connectivity index (χ2n) is 6.37. The Morgan fingerprint density at radius 1 is 1.33 bits per heavy atom. The van der Waals surface area contributed by atoms with Gasteiger partial charge in [0.25, 0.3) is 0 Å². The fourth-order valence-corrected chi connectivity index (χ4v) is 3.07. The number of hydrogen-bond donors (Lipinski definition) is 1. The van der Waals surface area contributed by atoms with Gasteiger partial charge in [0.15, 0.2) is 0 Å². The van der Waals surface area contributed by atoms with Crippen molar-refractivity contribution in [2.45, 2.75) is 18.9 Å². The van der Waals surface area contributed by atoms with Crippen LogP contribution in [0.1, 0.15) is 12.8 Å². The Morgan fingerprint density at radius 2 is 2.08 bits per heavy atom. The summed E-state index contributed by atoms with van der Waals surface area (Å²) in [6.07, 6.45) is 3.53. The highest BCUT2D eigenvalue weighted by atomic mass is 35.5. The van der Waals surface area contributed by atoms with Crippen LogP contribution in [0.5, 0.6) is 0 Å². The van der Waals surface area contributed by atoms with Crippen LogP contribution >= 0.6 is 11.6 Å². The molecule has 128 valence electrons. The van der Waals surface area contributed by atoms with Crippen LogP contribution in [0.15, 0.2) is 24.5 Å². The summed E-state index contributed by atoms with van der Waals surface area (Å²) < 4.78 is 0. The first-order valence-corrected chi connectivity index (χ1v) is 8.50. The molecule has 0 radical (unpaired) electrons. The summed E-state index contributed by atoms with van der Waals surface area (Å²) in [5.74, 6) is 1.000. The molecule has 0 aliphatic carbocycles. The number of piperidine rings is 1. The van der Waals surface area contributed by atoms with Crippen LogP contribution in [-0.4, -0.2) is 65.4 Å². The molecule has 1 aromatic carbocycles. The second-order valence-corrected chi connectivity index (χ2v) is 6.80. The van der Waals surface area contributed by atoms with Crippen molar-refractivity contribution in [2.75, 3.05) is 39.0 Å². The first kappa shape index (κ1) is 16.9. The van der Waals surface area contributed by atoms with E-state index < -0.39 is 0 Å². The Hall–Kier alpha value is -1.92. The smallest absolute Gasteiger partial charge is 0.236 e. The number of fused-ring (bicyclic) bond motifs is 1. The van der Waals surface area contributed by atoms with Gasteiger partial charge in [0.2, 0.25) is 5.91 Å². The Kier molecular flexibility index (Phi) is 5.16. The van der Waals surface area contributed by atoms with E-state index in [1.54, 1.807) is 25.3 Å². The highest BCUT2D eigenvalue weighted by molar-refractivity contribution is 6.31. The lowest BCUT2D eigenvalue weighted by atomic mass is 10.0. The Balaban J connectivity index is 1.61. The van der Waals surface area contributed by atoms with Crippen molar-refractivity contribution < 1.29 is 4.79 Å². The van der Waals surface area contributed by atoms with Gasteiger partial charge >= 0.3 is 0 Å². The summed E-state index contributed by atoms with van der Waals surface area (Å²) in [6.45, 7) is 2.31. The van der Waals surface area contributed by atoms with Crippen molar-refractivity contribution in [1.29, 1.82) is 0 Å². The van der Waals surface area contributed by atoms with Crippen LogP contribution < -0.4 is 5.32 Å². The number of halogens is 1. The van der Waals surface area contributed by atoms with Crippen LogP contribution in [0.3, 0.4) is 0 Å². The summed E-state index contributed by atoms with van der Waals surface area (Å²) in [6, 6.07) is 6.00. The van der Waals surface area contributed by atoms with Crippen LogP contribution in [0, 0.1) is 0 Å². The first-order valence-electron chi connectivity index (χ1n) is 8.12. The summed E-state index contributed by atoms with van der Waals surface area (Å²) in [5, 5.41) is 5.17. The number of likely N-dealkylation sites (N-methyl/N-ethyl adjacent to an activating group) is 1. The van der Waals surface area contributed by atoms with Crippen LogP contribution in [-0.2, 0) is 4.79 Å². The van der Waals surface area contributed by atoms with Crippen LogP contribution in [0.2, 0.25) is 5.02 Å². The zero-order valence-electron chi connectivity index (χ0n) is 14.0. The maximum atomic E-state index is 11.8. The predicted octanol–water partition coefficient (Wildman–Crippen LogP) is 2.25. The van der Waals surface area contributed by atoms with Crippen molar-refractivity contribution in [3.63, 3.8) is 0 Å². The van der Waals surface area contributed by atoms with Gasteiger partial charge in [-0.2, -0.15) is 0 Å². The second kappa shape index (κ2) is 7.32. The molecule has 7 heteroatoms. The Bertz CT molecular complexity index is 728. The van der Waals surface area contributed by atoms with E-state index in [1.165, 1.54) is 0 Å². The minimum Gasteiger partial charge on any atom is -0.367 e. The van der Waals surface area contributed by atoms with Crippen molar-refractivity contribution in [3.8, 4) is 0 Å². The van der Waals surface area contributed by atoms with Crippen molar-refractivity contribution >= 4 is 34.2 Å². The molecule has 0 unspecified atom stereocenters. The Morgan fingerprint density at radius 3 is 2.79 bits per heavy atom. The molecular formula is C17H22ClN5O. The summed E-state index contributed by atoms with van der Waals surface area (Å²) in [7, 11) is 3.59. The molecule has 2 heterocycles. The van der Waals surface area contributed by atoms with E-state index in [0.717, 1.165) is 42.7 Å². The maximum absolute atomic E-state index is 11.8. The van der Waals surface area contributed by atoms with E-state index in [2.05, 4.69) is 20.2 Å². The molecule has 0 bridgehead atoms. The van der Waals surface area contributed by atoms with Gasteiger partial charge in [-0.25, -0.2) is 9.97 Å². The molecule has 1 N–H and O–H groups in total. The zero-order valence-corrected chi connectivity index (χ0v) is 14.8. The van der Waals surface area contributed by atoms with Crippen LogP contribution in [0.25, 0.3) is 10.9 Å². The zero-order chi connectivity index (χ0) is 17.1.